The molecule has 0 spiro atoms. The van der Waals surface area contributed by atoms with E-state index in [9.17, 15) is 8.78 Å². The first-order valence-corrected chi connectivity index (χ1v) is 7.11. The second kappa shape index (κ2) is 6.57. The number of nitrogens with zero attached hydrogens (tertiary/aromatic N) is 3. The Bertz CT molecular complexity index is 654. The summed E-state index contributed by atoms with van der Waals surface area (Å²) in [5, 5.41) is 12.2. The molecule has 0 atom stereocenters. The molecule has 0 aliphatic heterocycles. The fourth-order valence-corrected chi connectivity index (χ4v) is 2.26. The Hall–Kier alpha value is -2.09. The van der Waals surface area contributed by atoms with Crippen LogP contribution in [0, 0.1) is 11.6 Å². The van der Waals surface area contributed by atoms with Crippen molar-refractivity contribution in [3.05, 3.63) is 39.8 Å². The van der Waals surface area contributed by atoms with Crippen molar-refractivity contribution < 1.29 is 8.78 Å². The van der Waals surface area contributed by atoms with Crippen LogP contribution in [-0.4, -0.2) is 16.2 Å². The highest BCUT2D eigenvalue weighted by Crippen LogP contribution is 2.19. The van der Waals surface area contributed by atoms with Gasteiger partial charge in [-0.05, 0) is 12.1 Å². The summed E-state index contributed by atoms with van der Waals surface area (Å²) < 4.78 is 26.4. The molecule has 2 aromatic rings. The summed E-state index contributed by atoms with van der Waals surface area (Å²) >= 11 is 1.45. The molecular formula is C13H15F2N5S. The lowest BCUT2D eigenvalue weighted by molar-refractivity contribution is 0.604. The van der Waals surface area contributed by atoms with Crippen LogP contribution in [0.4, 0.5) is 14.5 Å². The Morgan fingerprint density at radius 2 is 2.14 bits per heavy atom. The molecule has 0 aliphatic rings. The zero-order valence-corrected chi connectivity index (χ0v) is 12.4. The SMILES string of the molecule is CC(C)c1nnc(CN=C(N)Nc2cc(F)ccc2F)s1. The number of halogens is 2. The number of hydrogen-bond acceptors (Lipinski definition) is 4. The summed E-state index contributed by atoms with van der Waals surface area (Å²) in [4.78, 5) is 4.04. The third kappa shape index (κ3) is 4.19. The van der Waals surface area contributed by atoms with Gasteiger partial charge in [-0.15, -0.1) is 10.2 Å². The molecule has 0 saturated heterocycles. The Kier molecular flexibility index (Phi) is 4.79. The van der Waals surface area contributed by atoms with Gasteiger partial charge in [-0.25, -0.2) is 13.8 Å². The molecule has 21 heavy (non-hydrogen) atoms. The van der Waals surface area contributed by atoms with Gasteiger partial charge < -0.3 is 11.1 Å². The highest BCUT2D eigenvalue weighted by atomic mass is 32.1. The normalized spacial score (nSPS) is 12.0. The Labute approximate surface area is 124 Å². The van der Waals surface area contributed by atoms with Gasteiger partial charge in [0.1, 0.15) is 21.6 Å². The zero-order valence-electron chi connectivity index (χ0n) is 11.6. The van der Waals surface area contributed by atoms with Gasteiger partial charge >= 0.3 is 0 Å². The van der Waals surface area contributed by atoms with E-state index >= 15 is 0 Å². The summed E-state index contributed by atoms with van der Waals surface area (Å²) in [6.45, 7) is 4.28. The summed E-state index contributed by atoms with van der Waals surface area (Å²) in [7, 11) is 0. The van der Waals surface area contributed by atoms with Crippen LogP contribution in [-0.2, 0) is 6.54 Å². The molecule has 1 aromatic carbocycles. The second-order valence-corrected chi connectivity index (χ2v) is 5.73. The van der Waals surface area contributed by atoms with Gasteiger partial charge in [-0.1, -0.05) is 25.2 Å². The average molecular weight is 311 g/mol. The number of aromatic nitrogens is 2. The third-order valence-corrected chi connectivity index (χ3v) is 3.76. The summed E-state index contributed by atoms with van der Waals surface area (Å²) in [6.07, 6.45) is 0. The molecule has 0 bridgehead atoms. The minimum atomic E-state index is -0.604. The fourth-order valence-electron chi connectivity index (χ4n) is 1.49. The number of rotatable bonds is 4. The maximum absolute atomic E-state index is 13.4. The quantitative estimate of drug-likeness (QED) is 0.672. The minimum Gasteiger partial charge on any atom is -0.370 e. The second-order valence-electron chi connectivity index (χ2n) is 4.64. The minimum absolute atomic E-state index is 0.0132. The molecule has 0 fully saturated rings. The van der Waals surface area contributed by atoms with Crippen molar-refractivity contribution in [3.63, 3.8) is 0 Å². The smallest absolute Gasteiger partial charge is 0.193 e. The Morgan fingerprint density at radius 3 is 2.81 bits per heavy atom. The number of hydrogen-bond donors (Lipinski definition) is 2. The molecule has 8 heteroatoms. The van der Waals surface area contributed by atoms with Crippen LogP contribution < -0.4 is 11.1 Å². The predicted molar refractivity (Wildman–Crippen MR) is 79.3 cm³/mol. The van der Waals surface area contributed by atoms with Crippen LogP contribution in [0.1, 0.15) is 29.8 Å². The summed E-state index contributed by atoms with van der Waals surface area (Å²) in [5.74, 6) is -0.872. The molecule has 2 rings (SSSR count). The molecular weight excluding hydrogens is 296 g/mol. The standard InChI is InChI=1S/C13H15F2N5S/c1-7(2)12-20-19-11(21-12)6-17-13(16)18-10-5-8(14)3-4-9(10)15/h3-5,7H,6H2,1-2H3,(H3,16,17,18). The molecule has 5 nitrogen and oxygen atoms in total. The summed E-state index contributed by atoms with van der Waals surface area (Å²) in [5.41, 5.74) is 5.59. The van der Waals surface area contributed by atoms with Gasteiger partial charge in [-0.3, -0.25) is 0 Å². The van der Waals surface area contributed by atoms with Crippen LogP contribution in [0.2, 0.25) is 0 Å². The monoisotopic (exact) mass is 311 g/mol. The van der Waals surface area contributed by atoms with E-state index < -0.39 is 11.6 Å². The van der Waals surface area contributed by atoms with Crippen LogP contribution >= 0.6 is 11.3 Å². The highest BCUT2D eigenvalue weighted by molar-refractivity contribution is 7.11. The van der Waals surface area contributed by atoms with Crippen molar-refractivity contribution in [1.29, 1.82) is 0 Å². The van der Waals surface area contributed by atoms with E-state index in [1.54, 1.807) is 0 Å². The Balaban J connectivity index is 2.02. The number of guanidine groups is 1. The van der Waals surface area contributed by atoms with E-state index in [0.29, 0.717) is 10.9 Å². The number of nitrogens with two attached hydrogens (primary N) is 1. The topological polar surface area (TPSA) is 76.2 Å². The molecule has 1 aromatic heterocycles. The molecule has 0 saturated carbocycles. The van der Waals surface area contributed by atoms with Crippen molar-refractivity contribution in [1.82, 2.24) is 10.2 Å². The van der Waals surface area contributed by atoms with Crippen LogP contribution in [0.15, 0.2) is 23.2 Å². The van der Waals surface area contributed by atoms with Crippen molar-refractivity contribution in [2.45, 2.75) is 26.3 Å². The molecule has 0 radical (unpaired) electrons. The highest BCUT2D eigenvalue weighted by Gasteiger charge is 2.08. The zero-order chi connectivity index (χ0) is 15.4. The lowest BCUT2D eigenvalue weighted by Crippen LogP contribution is -2.23. The van der Waals surface area contributed by atoms with Gasteiger partial charge in [0.2, 0.25) is 0 Å². The number of nitrogens with one attached hydrogen (secondary N) is 1. The van der Waals surface area contributed by atoms with Crippen molar-refractivity contribution in [3.8, 4) is 0 Å². The average Bonchev–Trinajstić information content (AvgIpc) is 2.90. The van der Waals surface area contributed by atoms with Crippen LogP contribution in [0.5, 0.6) is 0 Å². The van der Waals surface area contributed by atoms with Gasteiger partial charge in [0.05, 0.1) is 12.2 Å². The Morgan fingerprint density at radius 1 is 1.38 bits per heavy atom. The first kappa shape index (κ1) is 15.3. The van der Waals surface area contributed by atoms with E-state index in [-0.39, 0.29) is 18.2 Å². The molecule has 0 aliphatic carbocycles. The first-order chi connectivity index (χ1) is 9.95. The van der Waals surface area contributed by atoms with Crippen molar-refractivity contribution >= 4 is 23.0 Å². The number of aliphatic imine (C=N–C) groups is 1. The van der Waals surface area contributed by atoms with Gasteiger partial charge in [0, 0.05) is 12.0 Å². The fraction of sp³-hybridized carbons (Fsp3) is 0.308. The van der Waals surface area contributed by atoms with Gasteiger partial charge in [0.25, 0.3) is 0 Å². The van der Waals surface area contributed by atoms with E-state index in [2.05, 4.69) is 20.5 Å². The van der Waals surface area contributed by atoms with Crippen molar-refractivity contribution in [2.75, 3.05) is 5.32 Å². The maximum Gasteiger partial charge on any atom is 0.193 e. The lowest BCUT2D eigenvalue weighted by atomic mass is 10.2. The number of anilines is 1. The molecule has 3 N–H and O–H groups in total. The van der Waals surface area contributed by atoms with Gasteiger partial charge in [0.15, 0.2) is 5.96 Å². The number of benzene rings is 1. The van der Waals surface area contributed by atoms with Gasteiger partial charge in [-0.2, -0.15) is 0 Å². The molecule has 0 amide bonds. The van der Waals surface area contributed by atoms with E-state index in [0.717, 1.165) is 23.2 Å². The predicted octanol–water partition coefficient (Wildman–Crippen LogP) is 2.87. The molecule has 1 heterocycles. The molecule has 112 valence electrons. The van der Waals surface area contributed by atoms with E-state index in [4.69, 9.17) is 5.73 Å². The third-order valence-electron chi connectivity index (χ3n) is 2.55. The first-order valence-electron chi connectivity index (χ1n) is 6.30. The van der Waals surface area contributed by atoms with E-state index in [1.807, 2.05) is 13.8 Å². The van der Waals surface area contributed by atoms with E-state index in [1.165, 1.54) is 11.3 Å². The van der Waals surface area contributed by atoms with Crippen LogP contribution in [0.25, 0.3) is 0 Å². The van der Waals surface area contributed by atoms with Crippen LogP contribution in [0.3, 0.4) is 0 Å². The molecule has 0 unspecified atom stereocenters. The van der Waals surface area contributed by atoms with Crippen molar-refractivity contribution in [2.24, 2.45) is 10.7 Å². The maximum atomic E-state index is 13.4. The lowest BCUT2D eigenvalue weighted by Gasteiger charge is -2.06. The summed E-state index contributed by atoms with van der Waals surface area (Å²) in [6, 6.07) is 3.06. The largest absolute Gasteiger partial charge is 0.370 e.